The third-order valence-corrected chi connectivity index (χ3v) is 1.44. The van der Waals surface area contributed by atoms with Gasteiger partial charge in [-0.2, -0.15) is 0 Å². The van der Waals surface area contributed by atoms with Crippen molar-refractivity contribution in [3.63, 3.8) is 0 Å². The van der Waals surface area contributed by atoms with Crippen molar-refractivity contribution in [2.24, 2.45) is 0 Å². The molecule has 0 radical (unpaired) electrons. The maximum Gasteiger partial charge on any atom is 0.252 e. The van der Waals surface area contributed by atoms with Gasteiger partial charge in [0, 0.05) is 5.57 Å². The van der Waals surface area contributed by atoms with Crippen LogP contribution in [0.5, 0.6) is 0 Å². The highest BCUT2D eigenvalue weighted by Crippen LogP contribution is 2.04. The van der Waals surface area contributed by atoms with Crippen LogP contribution in [0.3, 0.4) is 0 Å². The Morgan fingerprint density at radius 1 is 1.09 bits per heavy atom. The molecular formula is C9H7ClO. The molecule has 0 N–H and O–H groups in total. The molecule has 11 heavy (non-hydrogen) atoms. The van der Waals surface area contributed by atoms with Gasteiger partial charge < -0.3 is 0 Å². The summed E-state index contributed by atoms with van der Waals surface area (Å²) >= 11 is 5.27. The van der Waals surface area contributed by atoms with E-state index in [1.54, 1.807) is 24.3 Å². The summed E-state index contributed by atoms with van der Waals surface area (Å²) in [5.74, 6) is 0. The predicted octanol–water partition coefficient (Wildman–Crippen LogP) is 2.36. The number of hydrogen-bond donors (Lipinski definition) is 0. The van der Waals surface area contributed by atoms with Gasteiger partial charge in [-0.05, 0) is 11.6 Å². The summed E-state index contributed by atoms with van der Waals surface area (Å²) in [4.78, 5) is 10.7. The first-order valence-electron chi connectivity index (χ1n) is 3.22. The second-order valence-electron chi connectivity index (χ2n) is 2.02. The first-order valence-corrected chi connectivity index (χ1v) is 3.60. The highest BCUT2D eigenvalue weighted by atomic mass is 35.5. The second kappa shape index (κ2) is 3.94. The van der Waals surface area contributed by atoms with Gasteiger partial charge >= 0.3 is 0 Å². The molecule has 56 valence electrons. The first-order chi connectivity index (χ1) is 5.30. The van der Waals surface area contributed by atoms with Crippen molar-refractivity contribution >= 4 is 16.8 Å². The van der Waals surface area contributed by atoms with Gasteiger partial charge in [-0.1, -0.05) is 42.5 Å². The summed E-state index contributed by atoms with van der Waals surface area (Å²) in [6.45, 7) is 0. The van der Waals surface area contributed by atoms with Crippen molar-refractivity contribution in [3.8, 4) is 0 Å². The van der Waals surface area contributed by atoms with Crippen molar-refractivity contribution in [2.45, 2.75) is 0 Å². The molecule has 0 aliphatic heterocycles. The number of halogens is 1. The maximum atomic E-state index is 10.7. The summed E-state index contributed by atoms with van der Waals surface area (Å²) in [6, 6.07) is 0. The highest BCUT2D eigenvalue weighted by Gasteiger charge is 1.98. The third kappa shape index (κ3) is 2.56. The van der Waals surface area contributed by atoms with E-state index >= 15 is 0 Å². The van der Waals surface area contributed by atoms with Gasteiger partial charge in [-0.3, -0.25) is 4.79 Å². The van der Waals surface area contributed by atoms with Crippen molar-refractivity contribution in [2.75, 3.05) is 0 Å². The van der Waals surface area contributed by atoms with E-state index in [1.807, 2.05) is 18.2 Å². The Labute approximate surface area is 70.4 Å². The van der Waals surface area contributed by atoms with Crippen molar-refractivity contribution in [1.82, 2.24) is 0 Å². The molecule has 0 heterocycles. The monoisotopic (exact) mass is 166 g/mol. The molecule has 0 aromatic heterocycles. The molecule has 0 amide bonds. The zero-order chi connectivity index (χ0) is 8.10. The minimum atomic E-state index is -0.429. The molecule has 0 aromatic carbocycles. The molecule has 2 heteroatoms. The van der Waals surface area contributed by atoms with Gasteiger partial charge in [-0.15, -0.1) is 0 Å². The summed E-state index contributed by atoms with van der Waals surface area (Å²) in [5, 5.41) is -0.429. The summed E-state index contributed by atoms with van der Waals surface area (Å²) in [7, 11) is 0. The summed E-state index contributed by atoms with van der Waals surface area (Å²) in [5.41, 5.74) is 0.507. The minimum Gasteiger partial charge on any atom is -0.276 e. The molecule has 1 nitrogen and oxygen atoms in total. The van der Waals surface area contributed by atoms with Gasteiger partial charge in [-0.25, -0.2) is 0 Å². The molecule has 0 atom stereocenters. The van der Waals surface area contributed by atoms with E-state index < -0.39 is 5.24 Å². The molecule has 0 aromatic rings. The minimum absolute atomic E-state index is 0.429. The Balaban J connectivity index is 2.87. The van der Waals surface area contributed by atoms with Crippen LogP contribution in [-0.2, 0) is 4.79 Å². The van der Waals surface area contributed by atoms with Crippen LogP contribution in [-0.4, -0.2) is 5.24 Å². The first kappa shape index (κ1) is 8.02. The van der Waals surface area contributed by atoms with E-state index in [-0.39, 0.29) is 0 Å². The molecular weight excluding hydrogens is 160 g/mol. The standard InChI is InChI=1S/C9H7ClO/c10-9(11)8-6-4-2-1-3-5-7-8/h1-7H. The van der Waals surface area contributed by atoms with Crippen LogP contribution in [0.1, 0.15) is 0 Å². The smallest absolute Gasteiger partial charge is 0.252 e. The van der Waals surface area contributed by atoms with Crippen LogP contribution in [0.2, 0.25) is 0 Å². The topological polar surface area (TPSA) is 17.1 Å². The number of allylic oxidation sites excluding steroid dienone is 8. The SMILES string of the molecule is O=C(Cl)C1=CC=CC=CC=C1. The van der Waals surface area contributed by atoms with E-state index in [2.05, 4.69) is 0 Å². The molecule has 1 aliphatic carbocycles. The lowest BCUT2D eigenvalue weighted by Crippen LogP contribution is -1.88. The largest absolute Gasteiger partial charge is 0.276 e. The van der Waals surface area contributed by atoms with E-state index in [4.69, 9.17) is 11.6 Å². The van der Waals surface area contributed by atoms with E-state index in [9.17, 15) is 4.79 Å². The van der Waals surface area contributed by atoms with Crippen LogP contribution in [0.4, 0.5) is 0 Å². The second-order valence-corrected chi connectivity index (χ2v) is 2.37. The van der Waals surface area contributed by atoms with Crippen LogP contribution >= 0.6 is 11.6 Å². The van der Waals surface area contributed by atoms with Crippen LogP contribution in [0, 0.1) is 0 Å². The molecule has 0 saturated carbocycles. The summed E-state index contributed by atoms with van der Waals surface area (Å²) < 4.78 is 0. The quantitative estimate of drug-likeness (QED) is 0.547. The molecule has 0 unspecified atom stereocenters. The van der Waals surface area contributed by atoms with Crippen LogP contribution in [0.25, 0.3) is 0 Å². The molecule has 0 fully saturated rings. The lowest BCUT2D eigenvalue weighted by molar-refractivity contribution is -0.108. The fraction of sp³-hybridized carbons (Fsp3) is 0. The molecule has 1 rings (SSSR count). The third-order valence-electron chi connectivity index (χ3n) is 1.22. The normalized spacial score (nSPS) is 15.5. The lowest BCUT2D eigenvalue weighted by Gasteiger charge is -1.91. The van der Waals surface area contributed by atoms with Gasteiger partial charge in [0.15, 0.2) is 0 Å². The molecule has 0 bridgehead atoms. The van der Waals surface area contributed by atoms with Crippen LogP contribution < -0.4 is 0 Å². The van der Waals surface area contributed by atoms with E-state index in [0.717, 1.165) is 0 Å². The summed E-state index contributed by atoms with van der Waals surface area (Å²) in [6.07, 6.45) is 12.4. The van der Waals surface area contributed by atoms with E-state index in [0.29, 0.717) is 5.57 Å². The number of rotatable bonds is 1. The number of carbonyl (C=O) groups is 1. The molecule has 1 aliphatic rings. The van der Waals surface area contributed by atoms with Crippen molar-refractivity contribution < 1.29 is 4.79 Å². The number of hydrogen-bond acceptors (Lipinski definition) is 1. The maximum absolute atomic E-state index is 10.7. The average Bonchev–Trinajstić information content (AvgIpc) is 1.84. The number of carbonyl (C=O) groups excluding carboxylic acids is 1. The Hall–Kier alpha value is -1.08. The predicted molar refractivity (Wildman–Crippen MR) is 46.4 cm³/mol. The Kier molecular flexibility index (Phi) is 2.87. The average molecular weight is 167 g/mol. The fourth-order valence-electron chi connectivity index (χ4n) is 0.697. The van der Waals surface area contributed by atoms with Crippen molar-refractivity contribution in [1.29, 1.82) is 0 Å². The zero-order valence-electron chi connectivity index (χ0n) is 5.83. The van der Waals surface area contributed by atoms with Gasteiger partial charge in [0.25, 0.3) is 5.24 Å². The van der Waals surface area contributed by atoms with Crippen LogP contribution in [0.15, 0.2) is 48.1 Å². The molecule has 0 saturated heterocycles. The molecule has 0 spiro atoms. The Morgan fingerprint density at radius 2 is 1.73 bits per heavy atom. The highest BCUT2D eigenvalue weighted by molar-refractivity contribution is 6.68. The van der Waals surface area contributed by atoms with Gasteiger partial charge in [0.2, 0.25) is 0 Å². The van der Waals surface area contributed by atoms with Gasteiger partial charge in [0.1, 0.15) is 0 Å². The van der Waals surface area contributed by atoms with Crippen molar-refractivity contribution in [3.05, 3.63) is 48.1 Å². The lowest BCUT2D eigenvalue weighted by atomic mass is 10.2. The zero-order valence-corrected chi connectivity index (χ0v) is 6.58. The Morgan fingerprint density at radius 3 is 2.45 bits per heavy atom. The van der Waals surface area contributed by atoms with E-state index in [1.165, 1.54) is 0 Å². The fourth-order valence-corrected chi connectivity index (χ4v) is 0.823. The Bertz CT molecular complexity index is 269. The van der Waals surface area contributed by atoms with Gasteiger partial charge in [0.05, 0.1) is 0 Å².